The van der Waals surface area contributed by atoms with Gasteiger partial charge in [0.2, 0.25) is 11.2 Å². The predicted molar refractivity (Wildman–Crippen MR) is 73.1 cm³/mol. The Bertz CT molecular complexity index is 716. The van der Waals surface area contributed by atoms with Crippen molar-refractivity contribution in [2.45, 2.75) is 19.3 Å². The normalized spacial score (nSPS) is 12.1. The Morgan fingerprint density at radius 2 is 2.29 bits per heavy atom. The number of aromatic nitrogens is 2. The Labute approximate surface area is 120 Å². The second-order valence-corrected chi connectivity index (χ2v) is 4.65. The average molecular weight is 292 g/mol. The van der Waals surface area contributed by atoms with Crippen molar-refractivity contribution in [1.29, 1.82) is 0 Å². The zero-order valence-corrected chi connectivity index (χ0v) is 12.0. The van der Waals surface area contributed by atoms with Gasteiger partial charge >= 0.3 is 5.97 Å². The molecule has 112 valence electrons. The summed E-state index contributed by atoms with van der Waals surface area (Å²) in [7, 11) is 2.97. The standard InChI is InChI=1S/C14H16N2O5/c1-8-6-11(17)13(19)14(21-8)9(7-12(18)20-3)10-4-5-15-16(10)2/h4-6,9,19H,7H2,1-3H3/t9-/m1/s1. The van der Waals surface area contributed by atoms with E-state index < -0.39 is 23.1 Å². The number of rotatable bonds is 4. The van der Waals surface area contributed by atoms with E-state index in [0.29, 0.717) is 11.5 Å². The summed E-state index contributed by atoms with van der Waals surface area (Å²) >= 11 is 0. The number of hydrogen-bond donors (Lipinski definition) is 1. The largest absolute Gasteiger partial charge is 0.502 e. The summed E-state index contributed by atoms with van der Waals surface area (Å²) in [6.45, 7) is 1.60. The first-order chi connectivity index (χ1) is 9.93. The molecule has 2 aromatic heterocycles. The molecule has 0 saturated carbocycles. The Morgan fingerprint density at radius 3 is 2.86 bits per heavy atom. The molecule has 0 aliphatic carbocycles. The fraction of sp³-hybridized carbons (Fsp3) is 0.357. The molecule has 0 radical (unpaired) electrons. The van der Waals surface area contributed by atoms with Gasteiger partial charge in [-0.25, -0.2) is 0 Å². The molecule has 0 aromatic carbocycles. The van der Waals surface area contributed by atoms with Gasteiger partial charge in [-0.2, -0.15) is 5.10 Å². The molecule has 0 bridgehead atoms. The molecule has 1 atom stereocenters. The summed E-state index contributed by atoms with van der Waals surface area (Å²) in [6.07, 6.45) is 1.49. The van der Waals surface area contributed by atoms with Gasteiger partial charge in [-0.3, -0.25) is 14.3 Å². The highest BCUT2D eigenvalue weighted by molar-refractivity contribution is 5.71. The SMILES string of the molecule is COC(=O)C[C@@H](c1oc(C)cc(=O)c1O)c1ccnn1C. The molecule has 0 spiro atoms. The molecule has 0 aliphatic rings. The van der Waals surface area contributed by atoms with Crippen molar-refractivity contribution in [3.8, 4) is 5.75 Å². The third-order valence-corrected chi connectivity index (χ3v) is 3.20. The number of aryl methyl sites for hydroxylation is 2. The minimum atomic E-state index is -0.655. The molecule has 7 nitrogen and oxygen atoms in total. The van der Waals surface area contributed by atoms with Crippen LogP contribution in [0.4, 0.5) is 0 Å². The molecule has 21 heavy (non-hydrogen) atoms. The Hall–Kier alpha value is -2.57. The lowest BCUT2D eigenvalue weighted by molar-refractivity contribution is -0.141. The van der Waals surface area contributed by atoms with Crippen LogP contribution in [0.15, 0.2) is 27.5 Å². The van der Waals surface area contributed by atoms with Crippen LogP contribution in [0, 0.1) is 6.92 Å². The predicted octanol–water partition coefficient (Wildman–Crippen LogP) is 1.08. The highest BCUT2D eigenvalue weighted by Crippen LogP contribution is 2.32. The molecular weight excluding hydrogens is 276 g/mol. The summed E-state index contributed by atoms with van der Waals surface area (Å²) in [5, 5.41) is 14.0. The van der Waals surface area contributed by atoms with E-state index in [2.05, 4.69) is 9.84 Å². The van der Waals surface area contributed by atoms with E-state index in [4.69, 9.17) is 4.42 Å². The second kappa shape index (κ2) is 5.82. The van der Waals surface area contributed by atoms with Crippen molar-refractivity contribution in [2.24, 2.45) is 7.05 Å². The summed E-state index contributed by atoms with van der Waals surface area (Å²) in [6, 6.07) is 2.88. The van der Waals surface area contributed by atoms with Crippen molar-refractivity contribution >= 4 is 5.97 Å². The first kappa shape index (κ1) is 14.8. The van der Waals surface area contributed by atoms with Crippen LogP contribution in [0.25, 0.3) is 0 Å². The number of esters is 1. The highest BCUT2D eigenvalue weighted by Gasteiger charge is 2.28. The minimum Gasteiger partial charge on any atom is -0.502 e. The van der Waals surface area contributed by atoms with Crippen LogP contribution in [-0.4, -0.2) is 28.0 Å². The van der Waals surface area contributed by atoms with Gasteiger partial charge in [-0.05, 0) is 13.0 Å². The molecule has 1 N–H and O–H groups in total. The first-order valence-corrected chi connectivity index (χ1v) is 6.32. The molecule has 7 heteroatoms. The van der Waals surface area contributed by atoms with Gasteiger partial charge in [0.25, 0.3) is 0 Å². The second-order valence-electron chi connectivity index (χ2n) is 4.65. The lowest BCUT2D eigenvalue weighted by atomic mass is 9.97. The van der Waals surface area contributed by atoms with Crippen molar-refractivity contribution in [2.75, 3.05) is 7.11 Å². The topological polar surface area (TPSA) is 94.6 Å². The monoisotopic (exact) mass is 292 g/mol. The molecule has 0 aliphatic heterocycles. The molecular formula is C14H16N2O5. The van der Waals surface area contributed by atoms with Crippen molar-refractivity contribution < 1.29 is 19.1 Å². The Balaban J connectivity index is 2.58. The molecule has 2 heterocycles. The van der Waals surface area contributed by atoms with E-state index in [9.17, 15) is 14.7 Å². The fourth-order valence-electron chi connectivity index (χ4n) is 2.17. The lowest BCUT2D eigenvalue weighted by Crippen LogP contribution is -2.16. The van der Waals surface area contributed by atoms with Gasteiger partial charge in [0, 0.05) is 25.0 Å². The molecule has 2 rings (SSSR count). The van der Waals surface area contributed by atoms with Crippen LogP contribution in [0.2, 0.25) is 0 Å². The number of carbonyl (C=O) groups is 1. The van der Waals surface area contributed by atoms with Crippen molar-refractivity contribution in [1.82, 2.24) is 9.78 Å². The van der Waals surface area contributed by atoms with Crippen LogP contribution in [0.1, 0.15) is 29.6 Å². The maximum absolute atomic E-state index is 11.7. The Kier molecular flexibility index (Phi) is 4.11. The Morgan fingerprint density at radius 1 is 1.57 bits per heavy atom. The maximum atomic E-state index is 11.7. The zero-order chi connectivity index (χ0) is 15.6. The number of nitrogens with zero attached hydrogens (tertiary/aromatic N) is 2. The van der Waals surface area contributed by atoms with Gasteiger partial charge in [0.05, 0.1) is 19.4 Å². The summed E-state index contributed by atoms with van der Waals surface area (Å²) < 4.78 is 11.7. The fourth-order valence-corrected chi connectivity index (χ4v) is 2.17. The number of methoxy groups -OCH3 is 1. The number of hydrogen-bond acceptors (Lipinski definition) is 6. The van der Waals surface area contributed by atoms with Crippen LogP contribution in [-0.2, 0) is 16.6 Å². The minimum absolute atomic E-state index is 0.0361. The third-order valence-electron chi connectivity index (χ3n) is 3.20. The quantitative estimate of drug-likeness (QED) is 0.847. The third kappa shape index (κ3) is 2.96. The first-order valence-electron chi connectivity index (χ1n) is 6.32. The van der Waals surface area contributed by atoms with Crippen LogP contribution in [0.3, 0.4) is 0 Å². The van der Waals surface area contributed by atoms with E-state index in [-0.39, 0.29) is 12.2 Å². The van der Waals surface area contributed by atoms with Gasteiger partial charge in [0.1, 0.15) is 5.76 Å². The summed E-state index contributed by atoms with van der Waals surface area (Å²) in [4.78, 5) is 23.4. The number of ether oxygens (including phenoxy) is 1. The summed E-state index contributed by atoms with van der Waals surface area (Å²) in [5.74, 6) is -1.25. The van der Waals surface area contributed by atoms with Gasteiger partial charge in [-0.15, -0.1) is 0 Å². The lowest BCUT2D eigenvalue weighted by Gasteiger charge is -2.16. The number of carbonyl (C=O) groups excluding carboxylic acids is 1. The zero-order valence-electron chi connectivity index (χ0n) is 12.0. The molecule has 2 aromatic rings. The average Bonchev–Trinajstić information content (AvgIpc) is 2.86. The van der Waals surface area contributed by atoms with E-state index >= 15 is 0 Å². The van der Waals surface area contributed by atoms with Gasteiger partial charge in [0.15, 0.2) is 5.76 Å². The molecule has 0 amide bonds. The summed E-state index contributed by atoms with van der Waals surface area (Å²) in [5.41, 5.74) is 0.0789. The number of aromatic hydroxyl groups is 1. The van der Waals surface area contributed by atoms with E-state index in [1.165, 1.54) is 13.2 Å². The molecule has 0 saturated heterocycles. The van der Waals surface area contributed by atoms with Gasteiger partial charge < -0.3 is 14.3 Å². The highest BCUT2D eigenvalue weighted by atomic mass is 16.5. The maximum Gasteiger partial charge on any atom is 0.306 e. The van der Waals surface area contributed by atoms with E-state index in [1.54, 1.807) is 30.9 Å². The van der Waals surface area contributed by atoms with E-state index in [1.807, 2.05) is 0 Å². The van der Waals surface area contributed by atoms with Crippen molar-refractivity contribution in [3.63, 3.8) is 0 Å². The van der Waals surface area contributed by atoms with Crippen LogP contribution >= 0.6 is 0 Å². The molecule has 0 unspecified atom stereocenters. The molecule has 0 fully saturated rings. The van der Waals surface area contributed by atoms with Crippen molar-refractivity contribution in [3.05, 3.63) is 45.8 Å². The van der Waals surface area contributed by atoms with Crippen LogP contribution in [0.5, 0.6) is 5.75 Å². The smallest absolute Gasteiger partial charge is 0.306 e. The van der Waals surface area contributed by atoms with Gasteiger partial charge in [-0.1, -0.05) is 0 Å². The van der Waals surface area contributed by atoms with E-state index in [0.717, 1.165) is 0 Å². The van der Waals surface area contributed by atoms with Crippen LogP contribution < -0.4 is 5.43 Å².